The zero-order chi connectivity index (χ0) is 14.6. The Hall–Kier alpha value is -1.98. The lowest BCUT2D eigenvalue weighted by molar-refractivity contribution is -0.168. The zero-order valence-electron chi connectivity index (χ0n) is 11.3. The molecule has 4 fully saturated rings. The monoisotopic (exact) mass is 286 g/mol. The number of carbonyl (C=O) groups is 4. The van der Waals surface area contributed by atoms with Gasteiger partial charge in [-0.2, -0.15) is 0 Å². The van der Waals surface area contributed by atoms with Gasteiger partial charge in [0.25, 0.3) is 0 Å². The van der Waals surface area contributed by atoms with Crippen molar-refractivity contribution in [2.75, 3.05) is 0 Å². The highest BCUT2D eigenvalue weighted by molar-refractivity contribution is 6.09. The second-order valence-corrected chi connectivity index (χ2v) is 6.98. The number of amides is 4. The molecule has 0 aromatic rings. The van der Waals surface area contributed by atoms with Crippen LogP contribution in [0.2, 0.25) is 0 Å². The van der Waals surface area contributed by atoms with Gasteiger partial charge in [0, 0.05) is 0 Å². The molecule has 2 aliphatic heterocycles. The Balaban J connectivity index is 1.66. The third-order valence-electron chi connectivity index (χ3n) is 6.39. The third kappa shape index (κ3) is 1.06. The van der Waals surface area contributed by atoms with Crippen LogP contribution < -0.4 is 10.6 Å². The Kier molecular flexibility index (Phi) is 1.81. The SMILES string of the molecule is CC1=C[C@H]2[C@H]3C(=O)NC(=O)[C@@H]3[C@H]1[C@H]1[C@H]3C(=O)NC(=O)[C@@H]3[C@@H]21. The van der Waals surface area contributed by atoms with E-state index in [1.165, 1.54) is 0 Å². The van der Waals surface area contributed by atoms with E-state index in [9.17, 15) is 19.2 Å². The van der Waals surface area contributed by atoms with Gasteiger partial charge in [-0.05, 0) is 30.6 Å². The molecule has 4 aliphatic carbocycles. The Morgan fingerprint density at radius 2 is 1.24 bits per heavy atom. The summed E-state index contributed by atoms with van der Waals surface area (Å²) in [7, 11) is 0. The van der Waals surface area contributed by atoms with Gasteiger partial charge in [-0.3, -0.25) is 29.8 Å². The number of hydrogen-bond acceptors (Lipinski definition) is 4. The molecule has 6 aliphatic rings. The number of allylic oxidation sites excluding steroid dienone is 2. The first-order valence-electron chi connectivity index (χ1n) is 7.38. The Morgan fingerprint density at radius 3 is 1.90 bits per heavy atom. The minimum Gasteiger partial charge on any atom is -0.296 e. The molecular weight excluding hydrogens is 272 g/mol. The Morgan fingerprint density at radius 1 is 0.714 bits per heavy atom. The second kappa shape index (κ2) is 3.26. The predicted molar refractivity (Wildman–Crippen MR) is 68.0 cm³/mol. The van der Waals surface area contributed by atoms with Crippen LogP contribution in [0.25, 0.3) is 0 Å². The van der Waals surface area contributed by atoms with Crippen LogP contribution >= 0.6 is 0 Å². The number of nitrogens with one attached hydrogen (secondary N) is 2. The largest absolute Gasteiger partial charge is 0.296 e. The molecule has 0 aromatic heterocycles. The highest BCUT2D eigenvalue weighted by Gasteiger charge is 2.73. The number of rotatable bonds is 0. The van der Waals surface area contributed by atoms with Gasteiger partial charge in [-0.25, -0.2) is 0 Å². The van der Waals surface area contributed by atoms with E-state index >= 15 is 0 Å². The summed E-state index contributed by atoms with van der Waals surface area (Å²) in [5, 5.41) is 4.86. The molecule has 4 amide bonds. The smallest absolute Gasteiger partial charge is 0.231 e. The van der Waals surface area contributed by atoms with E-state index in [1.807, 2.05) is 6.92 Å². The van der Waals surface area contributed by atoms with Gasteiger partial charge in [-0.15, -0.1) is 0 Å². The fourth-order valence-corrected chi connectivity index (χ4v) is 5.84. The maximum atomic E-state index is 12.1. The first-order chi connectivity index (χ1) is 10.0. The highest BCUT2D eigenvalue weighted by Crippen LogP contribution is 2.67. The van der Waals surface area contributed by atoms with E-state index in [4.69, 9.17) is 0 Å². The quantitative estimate of drug-likeness (QED) is 0.451. The standard InChI is InChI=1S/C15H14N2O4/c1-3-2-4-6-8(11-10(6)14(20)17-15(11)21)5(3)9-7(4)12(18)16-13(9)19/h2,4-11H,1H3,(H,16,18,19)(H,17,20,21)/t4-,5-,6+,7-,8-,9-,10-,11-/m1/s1. The summed E-state index contributed by atoms with van der Waals surface area (Å²) >= 11 is 0. The molecule has 2 bridgehead atoms. The number of hydrogen-bond donors (Lipinski definition) is 2. The summed E-state index contributed by atoms with van der Waals surface area (Å²) in [6.45, 7) is 1.97. The van der Waals surface area contributed by atoms with E-state index in [0.717, 1.165) is 5.57 Å². The molecule has 21 heavy (non-hydrogen) atoms. The molecule has 2 saturated heterocycles. The molecule has 0 unspecified atom stereocenters. The summed E-state index contributed by atoms with van der Waals surface area (Å²) in [5.74, 6) is -2.22. The van der Waals surface area contributed by atoms with E-state index in [-0.39, 0.29) is 71.0 Å². The van der Waals surface area contributed by atoms with Crippen LogP contribution in [0.4, 0.5) is 0 Å². The van der Waals surface area contributed by atoms with Crippen LogP contribution in [0.5, 0.6) is 0 Å². The molecule has 2 N–H and O–H groups in total. The third-order valence-corrected chi connectivity index (χ3v) is 6.39. The van der Waals surface area contributed by atoms with E-state index < -0.39 is 0 Å². The molecule has 108 valence electrons. The first-order valence-corrected chi connectivity index (χ1v) is 7.38. The Bertz CT molecular complexity index is 681. The van der Waals surface area contributed by atoms with Gasteiger partial charge in [0.15, 0.2) is 0 Å². The number of carbonyl (C=O) groups excluding carboxylic acids is 4. The molecule has 6 nitrogen and oxygen atoms in total. The fourth-order valence-electron chi connectivity index (χ4n) is 5.84. The van der Waals surface area contributed by atoms with E-state index in [0.29, 0.717) is 0 Å². The van der Waals surface area contributed by atoms with Crippen LogP contribution in [0.3, 0.4) is 0 Å². The van der Waals surface area contributed by atoms with Crippen molar-refractivity contribution in [1.29, 1.82) is 0 Å². The summed E-state index contributed by atoms with van der Waals surface area (Å²) in [6.07, 6.45) is 2.07. The maximum Gasteiger partial charge on any atom is 0.231 e. The topological polar surface area (TPSA) is 92.3 Å². The normalized spacial score (nSPS) is 52.5. The highest BCUT2D eigenvalue weighted by atomic mass is 16.2. The average molecular weight is 286 g/mol. The summed E-state index contributed by atoms with van der Waals surface area (Å²) in [5.41, 5.74) is 1.10. The fraction of sp³-hybridized carbons (Fsp3) is 0.600. The van der Waals surface area contributed by atoms with Crippen molar-refractivity contribution in [1.82, 2.24) is 10.6 Å². The van der Waals surface area contributed by atoms with Gasteiger partial charge in [-0.1, -0.05) is 11.6 Å². The lowest BCUT2D eigenvalue weighted by Crippen LogP contribution is -2.64. The van der Waals surface area contributed by atoms with Gasteiger partial charge in [0.05, 0.1) is 23.7 Å². The summed E-state index contributed by atoms with van der Waals surface area (Å²) in [4.78, 5) is 48.2. The zero-order valence-corrected chi connectivity index (χ0v) is 11.3. The minimum absolute atomic E-state index is 0.0352. The van der Waals surface area contributed by atoms with Crippen molar-refractivity contribution in [2.24, 2.45) is 47.3 Å². The van der Waals surface area contributed by atoms with E-state index in [2.05, 4.69) is 16.7 Å². The van der Waals surface area contributed by atoms with Crippen molar-refractivity contribution in [3.63, 3.8) is 0 Å². The first kappa shape index (κ1) is 11.7. The molecule has 6 heteroatoms. The van der Waals surface area contributed by atoms with E-state index in [1.54, 1.807) is 0 Å². The van der Waals surface area contributed by atoms with Crippen LogP contribution in [0.1, 0.15) is 6.92 Å². The molecule has 2 saturated carbocycles. The predicted octanol–water partition coefficient (Wildman–Crippen LogP) is -0.784. The molecule has 8 atom stereocenters. The second-order valence-electron chi connectivity index (χ2n) is 6.98. The van der Waals surface area contributed by atoms with Crippen molar-refractivity contribution >= 4 is 23.6 Å². The number of imide groups is 2. The summed E-state index contributed by atoms with van der Waals surface area (Å²) < 4.78 is 0. The van der Waals surface area contributed by atoms with Crippen molar-refractivity contribution in [3.8, 4) is 0 Å². The lowest BCUT2D eigenvalue weighted by Gasteiger charge is -2.61. The van der Waals surface area contributed by atoms with Crippen molar-refractivity contribution < 1.29 is 19.2 Å². The molecule has 0 radical (unpaired) electrons. The van der Waals surface area contributed by atoms with Gasteiger partial charge in [0.1, 0.15) is 0 Å². The Labute approximate surface area is 120 Å². The van der Waals surface area contributed by atoms with Crippen molar-refractivity contribution in [2.45, 2.75) is 6.92 Å². The molecule has 0 spiro atoms. The molecule has 6 rings (SSSR count). The molecular formula is C15H14N2O4. The van der Waals surface area contributed by atoms with Crippen LogP contribution in [-0.4, -0.2) is 23.6 Å². The van der Waals surface area contributed by atoms with Crippen LogP contribution in [0, 0.1) is 47.3 Å². The molecule has 0 aromatic carbocycles. The van der Waals surface area contributed by atoms with Crippen molar-refractivity contribution in [3.05, 3.63) is 11.6 Å². The van der Waals surface area contributed by atoms with Crippen LogP contribution in [-0.2, 0) is 19.2 Å². The maximum absolute atomic E-state index is 12.1. The molecule has 2 heterocycles. The minimum atomic E-state index is -0.350. The average Bonchev–Trinajstić information content (AvgIpc) is 2.79. The summed E-state index contributed by atoms with van der Waals surface area (Å²) in [6, 6.07) is 0. The number of fused-ring (bicyclic) bond motifs is 1. The van der Waals surface area contributed by atoms with Gasteiger partial charge >= 0.3 is 0 Å². The lowest BCUT2D eigenvalue weighted by atomic mass is 9.39. The van der Waals surface area contributed by atoms with Crippen LogP contribution in [0.15, 0.2) is 11.6 Å². The van der Waals surface area contributed by atoms with Gasteiger partial charge < -0.3 is 0 Å². The van der Waals surface area contributed by atoms with Gasteiger partial charge in [0.2, 0.25) is 23.6 Å².